The Balaban J connectivity index is 1.66. The fourth-order valence-corrected chi connectivity index (χ4v) is 3.80. The van der Waals surface area contributed by atoms with E-state index in [4.69, 9.17) is 0 Å². The Morgan fingerprint density at radius 3 is 2.40 bits per heavy atom. The van der Waals surface area contributed by atoms with E-state index >= 15 is 0 Å². The monoisotopic (exact) mass is 469 g/mol. The van der Waals surface area contributed by atoms with E-state index < -0.39 is 11.7 Å². The van der Waals surface area contributed by atoms with E-state index in [1.165, 1.54) is 9.80 Å². The molecule has 2 amide bonds. The maximum atomic E-state index is 13.4. The highest BCUT2D eigenvalue weighted by atomic mass is 16.2. The topological polar surface area (TPSA) is 99.3 Å². The Bertz CT molecular complexity index is 1390. The van der Waals surface area contributed by atoms with E-state index in [0.29, 0.717) is 23.5 Å². The lowest BCUT2D eigenvalue weighted by Crippen LogP contribution is -2.32. The van der Waals surface area contributed by atoms with Crippen LogP contribution in [-0.4, -0.2) is 51.8 Å². The van der Waals surface area contributed by atoms with Crippen LogP contribution in [0.15, 0.2) is 66.7 Å². The molecule has 0 fully saturated rings. The number of aryl methyl sites for hydroxylation is 1. The first-order valence-electron chi connectivity index (χ1n) is 11.4. The number of carbonyl (C=O) groups is 3. The van der Waals surface area contributed by atoms with Crippen molar-refractivity contribution in [1.82, 2.24) is 20.1 Å². The summed E-state index contributed by atoms with van der Waals surface area (Å²) in [5.74, 6) is -0.453. The number of hydrogen-bond donors (Lipinski definition) is 1. The molecule has 178 valence electrons. The van der Waals surface area contributed by atoms with Gasteiger partial charge in [0.1, 0.15) is 5.82 Å². The number of rotatable bonds is 8. The van der Waals surface area contributed by atoms with Gasteiger partial charge >= 0.3 is 0 Å². The number of H-pyrrole nitrogens is 1. The SMILES string of the molecule is CCc1nc(C(=O)CC(=O)N(Cc2ccc3ccccc3c2)c2cccc(C(=O)N(C)C)c2)n[nH]1. The van der Waals surface area contributed by atoms with Crippen molar-refractivity contribution in [3.63, 3.8) is 0 Å². The van der Waals surface area contributed by atoms with Gasteiger partial charge in [0.2, 0.25) is 17.5 Å². The zero-order valence-corrected chi connectivity index (χ0v) is 20.0. The molecule has 0 unspecified atom stereocenters. The van der Waals surface area contributed by atoms with Crippen LogP contribution in [0.1, 0.15) is 45.7 Å². The van der Waals surface area contributed by atoms with Crippen molar-refractivity contribution in [1.29, 1.82) is 0 Å². The molecule has 8 nitrogen and oxygen atoms in total. The lowest BCUT2D eigenvalue weighted by atomic mass is 10.1. The number of anilines is 1. The summed E-state index contributed by atoms with van der Waals surface area (Å²) in [5.41, 5.74) is 1.89. The van der Waals surface area contributed by atoms with Gasteiger partial charge < -0.3 is 9.80 Å². The second-order valence-electron chi connectivity index (χ2n) is 8.47. The standard InChI is InChI=1S/C27H27N5O3/c1-4-24-28-26(30-29-24)23(33)16-25(34)32(22-11-7-10-21(15-22)27(35)31(2)3)17-18-12-13-19-8-5-6-9-20(19)14-18/h5-15H,4,16-17H2,1-3H3,(H,28,29,30). The van der Waals surface area contributed by atoms with E-state index in [2.05, 4.69) is 15.2 Å². The number of ketones is 1. The van der Waals surface area contributed by atoms with Crippen LogP contribution < -0.4 is 4.90 Å². The molecule has 0 aliphatic carbocycles. The molecule has 3 aromatic carbocycles. The lowest BCUT2D eigenvalue weighted by Gasteiger charge is -2.24. The van der Waals surface area contributed by atoms with Crippen molar-refractivity contribution in [2.45, 2.75) is 26.3 Å². The maximum Gasteiger partial charge on any atom is 0.253 e. The maximum absolute atomic E-state index is 13.4. The highest BCUT2D eigenvalue weighted by molar-refractivity contribution is 6.10. The van der Waals surface area contributed by atoms with Gasteiger partial charge in [0.05, 0.1) is 13.0 Å². The van der Waals surface area contributed by atoms with E-state index in [1.54, 1.807) is 38.4 Å². The number of hydrogen-bond acceptors (Lipinski definition) is 5. The average molecular weight is 470 g/mol. The van der Waals surface area contributed by atoms with E-state index in [9.17, 15) is 14.4 Å². The van der Waals surface area contributed by atoms with Crippen LogP contribution in [0.4, 0.5) is 5.69 Å². The first-order chi connectivity index (χ1) is 16.9. The Kier molecular flexibility index (Phi) is 7.01. The van der Waals surface area contributed by atoms with Gasteiger partial charge in [0, 0.05) is 31.8 Å². The van der Waals surface area contributed by atoms with Gasteiger partial charge in [0.25, 0.3) is 5.91 Å². The summed E-state index contributed by atoms with van der Waals surface area (Å²) in [4.78, 5) is 45.9. The first kappa shape index (κ1) is 23.8. The summed E-state index contributed by atoms with van der Waals surface area (Å²) < 4.78 is 0. The summed E-state index contributed by atoms with van der Waals surface area (Å²) in [5, 5.41) is 8.80. The number of aromatic amines is 1. The van der Waals surface area contributed by atoms with Crippen LogP contribution in [-0.2, 0) is 17.8 Å². The van der Waals surface area contributed by atoms with Crippen LogP contribution in [0, 0.1) is 0 Å². The van der Waals surface area contributed by atoms with Gasteiger partial charge in [-0.15, -0.1) is 0 Å². The van der Waals surface area contributed by atoms with Crippen molar-refractivity contribution < 1.29 is 14.4 Å². The molecule has 35 heavy (non-hydrogen) atoms. The molecule has 0 spiro atoms. The van der Waals surface area contributed by atoms with Gasteiger partial charge in [-0.1, -0.05) is 49.4 Å². The fourth-order valence-electron chi connectivity index (χ4n) is 3.80. The summed E-state index contributed by atoms with van der Waals surface area (Å²) in [6, 6.07) is 20.8. The highest BCUT2D eigenvalue weighted by Crippen LogP contribution is 2.23. The second-order valence-corrected chi connectivity index (χ2v) is 8.47. The number of nitrogens with zero attached hydrogens (tertiary/aromatic N) is 4. The molecule has 4 aromatic rings. The molecule has 0 saturated heterocycles. The smallest absolute Gasteiger partial charge is 0.253 e. The fraction of sp³-hybridized carbons (Fsp3) is 0.222. The minimum absolute atomic E-state index is 0.00242. The Labute approximate surface area is 203 Å². The molecular weight excluding hydrogens is 442 g/mol. The van der Waals surface area contributed by atoms with Gasteiger partial charge in [-0.2, -0.15) is 5.10 Å². The number of benzene rings is 3. The average Bonchev–Trinajstić information content (AvgIpc) is 3.36. The number of carbonyl (C=O) groups excluding carboxylic acids is 3. The molecule has 0 bridgehead atoms. The molecule has 1 N–H and O–H groups in total. The van der Waals surface area contributed by atoms with Gasteiger partial charge in [-0.25, -0.2) is 4.98 Å². The number of Topliss-reactive ketones (excluding diaryl/α,β-unsaturated/α-hetero) is 1. The predicted molar refractivity (Wildman–Crippen MR) is 134 cm³/mol. The van der Waals surface area contributed by atoms with Crippen LogP contribution in [0.2, 0.25) is 0 Å². The molecule has 0 saturated carbocycles. The van der Waals surface area contributed by atoms with E-state index in [1.807, 2.05) is 49.4 Å². The van der Waals surface area contributed by atoms with Crippen molar-refractivity contribution >= 4 is 34.1 Å². The molecule has 1 heterocycles. The van der Waals surface area contributed by atoms with E-state index in [0.717, 1.165) is 16.3 Å². The quantitative estimate of drug-likeness (QED) is 0.310. The normalized spacial score (nSPS) is 10.8. The zero-order chi connectivity index (χ0) is 24.9. The second kappa shape index (κ2) is 10.3. The molecular formula is C27H27N5O3. The number of fused-ring (bicyclic) bond motifs is 1. The highest BCUT2D eigenvalue weighted by Gasteiger charge is 2.23. The first-order valence-corrected chi connectivity index (χ1v) is 11.4. The summed E-state index contributed by atoms with van der Waals surface area (Å²) in [7, 11) is 3.35. The summed E-state index contributed by atoms with van der Waals surface area (Å²) >= 11 is 0. The molecule has 0 radical (unpaired) electrons. The molecule has 1 aromatic heterocycles. The minimum Gasteiger partial charge on any atom is -0.345 e. The van der Waals surface area contributed by atoms with Crippen LogP contribution in [0.3, 0.4) is 0 Å². The zero-order valence-electron chi connectivity index (χ0n) is 20.0. The van der Waals surface area contributed by atoms with Gasteiger partial charge in [-0.3, -0.25) is 19.5 Å². The summed E-state index contributed by atoms with van der Waals surface area (Å²) in [6.07, 6.45) is 0.218. The number of nitrogens with one attached hydrogen (secondary N) is 1. The molecule has 8 heteroatoms. The van der Waals surface area contributed by atoms with Crippen molar-refractivity contribution in [3.05, 3.63) is 89.5 Å². The van der Waals surface area contributed by atoms with Crippen LogP contribution in [0.25, 0.3) is 10.8 Å². The van der Waals surface area contributed by atoms with Crippen molar-refractivity contribution in [3.8, 4) is 0 Å². The molecule has 0 aliphatic rings. The third-order valence-corrected chi connectivity index (χ3v) is 5.69. The van der Waals surface area contributed by atoms with Gasteiger partial charge in [-0.05, 0) is 40.6 Å². The Morgan fingerprint density at radius 2 is 1.69 bits per heavy atom. The molecule has 0 aliphatic heterocycles. The lowest BCUT2D eigenvalue weighted by molar-refractivity contribution is -0.117. The van der Waals surface area contributed by atoms with Gasteiger partial charge in [0.15, 0.2) is 0 Å². The Morgan fingerprint density at radius 1 is 0.914 bits per heavy atom. The molecule has 0 atom stereocenters. The Hall–Kier alpha value is -4.33. The van der Waals surface area contributed by atoms with Crippen molar-refractivity contribution in [2.75, 3.05) is 19.0 Å². The van der Waals surface area contributed by atoms with Crippen molar-refractivity contribution in [2.24, 2.45) is 0 Å². The third kappa shape index (κ3) is 5.43. The third-order valence-electron chi connectivity index (χ3n) is 5.69. The number of amides is 2. The van der Waals surface area contributed by atoms with Crippen LogP contribution >= 0.6 is 0 Å². The summed E-state index contributed by atoms with van der Waals surface area (Å²) in [6.45, 7) is 2.14. The largest absolute Gasteiger partial charge is 0.345 e. The minimum atomic E-state index is -0.463. The number of aromatic nitrogens is 3. The molecule has 4 rings (SSSR count). The van der Waals surface area contributed by atoms with E-state index in [-0.39, 0.29) is 24.7 Å². The predicted octanol–water partition coefficient (Wildman–Crippen LogP) is 4.03. The van der Waals surface area contributed by atoms with Crippen LogP contribution in [0.5, 0.6) is 0 Å².